The van der Waals surface area contributed by atoms with Crippen LogP contribution in [0.4, 0.5) is 0 Å². The van der Waals surface area contributed by atoms with Crippen LogP contribution in [-0.2, 0) is 26.1 Å². The van der Waals surface area contributed by atoms with Gasteiger partial charge < -0.3 is 40.0 Å². The predicted molar refractivity (Wildman–Crippen MR) is 158 cm³/mol. The second-order valence-corrected chi connectivity index (χ2v) is 10.1. The lowest BCUT2D eigenvalue weighted by Crippen LogP contribution is -2.32. The van der Waals surface area contributed by atoms with E-state index in [1.54, 1.807) is 26.4 Å². The summed E-state index contributed by atoms with van der Waals surface area (Å²) in [5.74, 6) is 1.13. The summed E-state index contributed by atoms with van der Waals surface area (Å²) in [7, 11) is 3.18. The van der Waals surface area contributed by atoms with Gasteiger partial charge in [0.25, 0.3) is 5.91 Å². The monoisotopic (exact) mass is 561 g/mol. The van der Waals surface area contributed by atoms with E-state index in [1.807, 2.05) is 41.8 Å². The normalized spacial score (nSPS) is 12.7. The Morgan fingerprint density at radius 3 is 2.41 bits per heavy atom. The van der Waals surface area contributed by atoms with Crippen LogP contribution in [0.2, 0.25) is 0 Å². The highest BCUT2D eigenvalue weighted by atomic mass is 16.5. The first-order valence-corrected chi connectivity index (χ1v) is 13.7. The smallest absolute Gasteiger partial charge is 0.268 e. The van der Waals surface area contributed by atoms with Crippen molar-refractivity contribution in [3.63, 3.8) is 0 Å². The van der Waals surface area contributed by atoms with E-state index in [2.05, 4.69) is 29.7 Å². The van der Waals surface area contributed by atoms with E-state index in [9.17, 15) is 20.1 Å². The van der Waals surface area contributed by atoms with Gasteiger partial charge in [-0.1, -0.05) is 18.2 Å². The number of amides is 1. The van der Waals surface area contributed by atoms with Gasteiger partial charge in [-0.15, -0.1) is 0 Å². The van der Waals surface area contributed by atoms with E-state index in [-0.39, 0.29) is 30.9 Å². The number of phenols is 1. The van der Waals surface area contributed by atoms with Crippen molar-refractivity contribution < 1.29 is 29.6 Å². The van der Waals surface area contributed by atoms with Crippen molar-refractivity contribution in [1.82, 2.24) is 15.2 Å². The van der Waals surface area contributed by atoms with Crippen LogP contribution < -0.4 is 20.1 Å². The number of carbonyl (C=O) groups excluding carboxylic acids is 1. The molecule has 0 aliphatic heterocycles. The van der Waals surface area contributed by atoms with E-state index < -0.39 is 6.10 Å². The van der Waals surface area contributed by atoms with Crippen molar-refractivity contribution in [2.45, 2.75) is 52.1 Å². The van der Waals surface area contributed by atoms with Gasteiger partial charge in [-0.2, -0.15) is 0 Å². The Kier molecular flexibility index (Phi) is 9.88. The third-order valence-corrected chi connectivity index (χ3v) is 7.33. The van der Waals surface area contributed by atoms with Gasteiger partial charge in [-0.3, -0.25) is 4.79 Å². The molecule has 1 unspecified atom stereocenters. The van der Waals surface area contributed by atoms with E-state index >= 15 is 0 Å². The van der Waals surface area contributed by atoms with Crippen LogP contribution in [0.25, 0.3) is 10.9 Å². The summed E-state index contributed by atoms with van der Waals surface area (Å²) < 4.78 is 12.9. The summed E-state index contributed by atoms with van der Waals surface area (Å²) in [4.78, 5) is 13.3. The minimum atomic E-state index is -0.777. The van der Waals surface area contributed by atoms with E-state index in [0.717, 1.165) is 28.5 Å². The van der Waals surface area contributed by atoms with Gasteiger partial charge in [0.1, 0.15) is 22.9 Å². The number of benzene rings is 3. The SMILES string of the molecule is CCn1c(C(=O)NCc2c(OC)cccc2OC)cc2cc(CC(C)NC[C@H](O)c3ccc(O)c(CO)c3)ccc21. The van der Waals surface area contributed by atoms with Gasteiger partial charge in [0, 0.05) is 35.6 Å². The number of aromatic nitrogens is 1. The number of aromatic hydroxyl groups is 1. The molecule has 0 fully saturated rings. The Hall–Kier alpha value is -4.05. The molecule has 41 heavy (non-hydrogen) atoms. The number of hydrogen-bond acceptors (Lipinski definition) is 7. The summed E-state index contributed by atoms with van der Waals surface area (Å²) in [5, 5.41) is 37.1. The van der Waals surface area contributed by atoms with Crippen LogP contribution >= 0.6 is 0 Å². The van der Waals surface area contributed by atoms with Gasteiger partial charge in [0.2, 0.25) is 0 Å². The Morgan fingerprint density at radius 1 is 1.02 bits per heavy atom. The second-order valence-electron chi connectivity index (χ2n) is 10.1. The first-order valence-electron chi connectivity index (χ1n) is 13.7. The number of aryl methyl sites for hydroxylation is 1. The molecular formula is C32H39N3O6. The zero-order chi connectivity index (χ0) is 29.5. The lowest BCUT2D eigenvalue weighted by atomic mass is 10.0. The van der Waals surface area contributed by atoms with Gasteiger partial charge in [-0.05, 0) is 73.9 Å². The number of carbonyl (C=O) groups is 1. The van der Waals surface area contributed by atoms with Crippen LogP contribution in [0.5, 0.6) is 17.2 Å². The molecule has 1 amide bonds. The van der Waals surface area contributed by atoms with Crippen molar-refractivity contribution in [3.8, 4) is 17.2 Å². The number of fused-ring (bicyclic) bond motifs is 1. The summed E-state index contributed by atoms with van der Waals surface area (Å²) in [5.41, 5.74) is 4.47. The summed E-state index contributed by atoms with van der Waals surface area (Å²) in [6.45, 7) is 5.01. The molecule has 218 valence electrons. The van der Waals surface area contributed by atoms with Crippen molar-refractivity contribution >= 4 is 16.8 Å². The third-order valence-electron chi connectivity index (χ3n) is 7.33. The third kappa shape index (κ3) is 6.82. The molecule has 9 nitrogen and oxygen atoms in total. The zero-order valence-electron chi connectivity index (χ0n) is 24.0. The number of ether oxygens (including phenoxy) is 2. The van der Waals surface area contributed by atoms with E-state index in [4.69, 9.17) is 9.47 Å². The molecule has 4 aromatic rings. The quantitative estimate of drug-likeness (QED) is 0.167. The van der Waals surface area contributed by atoms with Crippen molar-refractivity contribution in [1.29, 1.82) is 0 Å². The standard InChI is InChI=1S/C32H39N3O6/c1-5-35-26-11-9-21(13-20(2)33-18-29(38)22-10-12-28(37)24(15-22)19-36)14-23(26)16-27(35)32(39)34-17-25-30(40-3)7-6-8-31(25)41-4/h6-12,14-16,20,29,33,36-38H,5,13,17-19H2,1-4H3,(H,34,39)/t20?,29-/m0/s1. The Bertz CT molecular complexity index is 1480. The Morgan fingerprint density at radius 2 is 1.76 bits per heavy atom. The maximum absolute atomic E-state index is 13.3. The molecule has 0 radical (unpaired) electrons. The minimum absolute atomic E-state index is 0.00868. The number of aliphatic hydroxyl groups is 2. The van der Waals surface area contributed by atoms with Crippen LogP contribution in [0.1, 0.15) is 52.7 Å². The number of nitrogens with zero attached hydrogens (tertiary/aromatic N) is 1. The number of rotatable bonds is 13. The predicted octanol–water partition coefficient (Wildman–Crippen LogP) is 4.06. The largest absolute Gasteiger partial charge is 0.508 e. The molecule has 0 aliphatic rings. The molecule has 5 N–H and O–H groups in total. The van der Waals surface area contributed by atoms with Crippen molar-refractivity contribution in [3.05, 3.63) is 88.6 Å². The number of methoxy groups -OCH3 is 2. The average molecular weight is 562 g/mol. The highest BCUT2D eigenvalue weighted by Crippen LogP contribution is 2.29. The minimum Gasteiger partial charge on any atom is -0.508 e. The maximum Gasteiger partial charge on any atom is 0.268 e. The van der Waals surface area contributed by atoms with Crippen LogP contribution in [0.15, 0.2) is 60.7 Å². The molecule has 0 spiro atoms. The highest BCUT2D eigenvalue weighted by Gasteiger charge is 2.18. The van der Waals surface area contributed by atoms with Crippen LogP contribution in [-0.4, -0.2) is 52.6 Å². The van der Waals surface area contributed by atoms with Crippen molar-refractivity contribution in [2.75, 3.05) is 20.8 Å². The molecule has 3 aromatic carbocycles. The fraction of sp³-hybridized carbons (Fsp3) is 0.344. The maximum atomic E-state index is 13.3. The molecule has 0 saturated carbocycles. The highest BCUT2D eigenvalue weighted by molar-refractivity contribution is 5.99. The lowest BCUT2D eigenvalue weighted by Gasteiger charge is -2.18. The van der Waals surface area contributed by atoms with Gasteiger partial charge in [0.05, 0.1) is 39.0 Å². The molecule has 2 atom stereocenters. The fourth-order valence-corrected chi connectivity index (χ4v) is 5.13. The van der Waals surface area contributed by atoms with Gasteiger partial charge in [0.15, 0.2) is 0 Å². The van der Waals surface area contributed by atoms with Gasteiger partial charge in [-0.25, -0.2) is 0 Å². The van der Waals surface area contributed by atoms with E-state index in [0.29, 0.717) is 41.4 Å². The molecule has 0 bridgehead atoms. The van der Waals surface area contributed by atoms with Gasteiger partial charge >= 0.3 is 0 Å². The topological polar surface area (TPSA) is 125 Å². The summed E-state index contributed by atoms with van der Waals surface area (Å²) in [6.07, 6.45) is -0.0478. The summed E-state index contributed by atoms with van der Waals surface area (Å²) in [6, 6.07) is 18.5. The first-order chi connectivity index (χ1) is 19.8. The average Bonchev–Trinajstić information content (AvgIpc) is 3.36. The molecule has 1 heterocycles. The fourth-order valence-electron chi connectivity index (χ4n) is 5.13. The molecular weight excluding hydrogens is 522 g/mol. The Balaban J connectivity index is 1.43. The van der Waals surface area contributed by atoms with Crippen LogP contribution in [0.3, 0.4) is 0 Å². The molecule has 4 rings (SSSR count). The molecule has 1 aromatic heterocycles. The summed E-state index contributed by atoms with van der Waals surface area (Å²) >= 11 is 0. The number of hydrogen-bond donors (Lipinski definition) is 5. The second kappa shape index (κ2) is 13.5. The number of nitrogens with one attached hydrogen (secondary N) is 2. The Labute approximate surface area is 240 Å². The van der Waals surface area contributed by atoms with Crippen molar-refractivity contribution in [2.24, 2.45) is 0 Å². The number of aliphatic hydroxyl groups excluding tert-OH is 2. The molecule has 0 saturated heterocycles. The molecule has 9 heteroatoms. The lowest BCUT2D eigenvalue weighted by molar-refractivity contribution is 0.0941. The first kappa shape index (κ1) is 29.9. The van der Waals surface area contributed by atoms with Crippen LogP contribution in [0, 0.1) is 0 Å². The van der Waals surface area contributed by atoms with E-state index in [1.165, 1.54) is 6.07 Å². The zero-order valence-corrected chi connectivity index (χ0v) is 24.0. The molecule has 0 aliphatic carbocycles.